The predicted molar refractivity (Wildman–Crippen MR) is 60.2 cm³/mol. The van der Waals surface area contributed by atoms with Crippen molar-refractivity contribution in [3.63, 3.8) is 0 Å². The lowest BCUT2D eigenvalue weighted by atomic mass is 10.1. The molecule has 0 radical (unpaired) electrons. The van der Waals surface area contributed by atoms with E-state index < -0.39 is 0 Å². The minimum Gasteiger partial charge on any atom is -0.327 e. The summed E-state index contributed by atoms with van der Waals surface area (Å²) < 4.78 is 12.3. The normalized spacial score (nSPS) is 11.8. The molecular weight excluding hydrogens is 197 g/mol. The maximum absolute atomic E-state index is 12.3. The van der Waals surface area contributed by atoms with Crippen molar-refractivity contribution < 1.29 is 4.39 Å². The SMILES string of the molecule is CSc1cccc(C/C(=C\F)CN)c1. The number of hydrogen-bond acceptors (Lipinski definition) is 2. The van der Waals surface area contributed by atoms with Gasteiger partial charge in [0, 0.05) is 11.4 Å². The quantitative estimate of drug-likeness (QED) is 0.775. The van der Waals surface area contributed by atoms with Gasteiger partial charge in [-0.25, -0.2) is 4.39 Å². The van der Waals surface area contributed by atoms with Crippen molar-refractivity contribution in [2.45, 2.75) is 11.3 Å². The summed E-state index contributed by atoms with van der Waals surface area (Å²) >= 11 is 1.68. The highest BCUT2D eigenvalue weighted by Crippen LogP contribution is 2.17. The van der Waals surface area contributed by atoms with Crippen LogP contribution in [0.1, 0.15) is 5.56 Å². The average Bonchev–Trinajstić information content (AvgIpc) is 2.26. The van der Waals surface area contributed by atoms with E-state index in [1.54, 1.807) is 11.8 Å². The molecule has 76 valence electrons. The van der Waals surface area contributed by atoms with Gasteiger partial charge in [-0.15, -0.1) is 11.8 Å². The standard InChI is InChI=1S/C11H14FNS/c1-14-11-4-2-3-9(6-11)5-10(7-12)8-13/h2-4,6-7H,5,8,13H2,1H3/b10-7+. The lowest BCUT2D eigenvalue weighted by molar-refractivity contribution is 0.699. The summed E-state index contributed by atoms with van der Waals surface area (Å²) in [5, 5.41) is 0. The summed E-state index contributed by atoms with van der Waals surface area (Å²) in [5.74, 6) is 0. The van der Waals surface area contributed by atoms with Crippen molar-refractivity contribution in [3.05, 3.63) is 41.7 Å². The molecule has 1 rings (SSSR count). The molecule has 14 heavy (non-hydrogen) atoms. The molecule has 2 N–H and O–H groups in total. The molecule has 0 fully saturated rings. The zero-order valence-electron chi connectivity index (χ0n) is 8.16. The van der Waals surface area contributed by atoms with Crippen LogP contribution in [0.4, 0.5) is 4.39 Å². The van der Waals surface area contributed by atoms with Crippen LogP contribution in [0.15, 0.2) is 41.1 Å². The fourth-order valence-corrected chi connectivity index (χ4v) is 1.68. The molecule has 0 unspecified atom stereocenters. The van der Waals surface area contributed by atoms with Crippen LogP contribution in [0.2, 0.25) is 0 Å². The van der Waals surface area contributed by atoms with E-state index in [2.05, 4.69) is 6.07 Å². The number of nitrogens with two attached hydrogens (primary N) is 1. The third-order valence-electron chi connectivity index (χ3n) is 1.98. The van der Waals surface area contributed by atoms with Crippen molar-refractivity contribution in [2.24, 2.45) is 5.73 Å². The van der Waals surface area contributed by atoms with Crippen molar-refractivity contribution in [3.8, 4) is 0 Å². The molecule has 0 aliphatic carbocycles. The largest absolute Gasteiger partial charge is 0.327 e. The van der Waals surface area contributed by atoms with E-state index in [1.165, 1.54) is 4.90 Å². The summed E-state index contributed by atoms with van der Waals surface area (Å²) in [6, 6.07) is 8.06. The molecule has 0 aliphatic rings. The van der Waals surface area contributed by atoms with Crippen LogP contribution >= 0.6 is 11.8 Å². The highest BCUT2D eigenvalue weighted by molar-refractivity contribution is 7.98. The second-order valence-electron chi connectivity index (χ2n) is 3.00. The van der Waals surface area contributed by atoms with E-state index in [4.69, 9.17) is 5.73 Å². The van der Waals surface area contributed by atoms with Gasteiger partial charge in [0.05, 0.1) is 6.33 Å². The molecule has 1 aromatic rings. The minimum atomic E-state index is 0.278. The maximum atomic E-state index is 12.3. The molecule has 0 spiro atoms. The summed E-state index contributed by atoms with van der Waals surface area (Å²) in [6.45, 7) is 0.278. The van der Waals surface area contributed by atoms with Gasteiger partial charge in [-0.3, -0.25) is 0 Å². The molecule has 0 atom stereocenters. The van der Waals surface area contributed by atoms with Crippen molar-refractivity contribution >= 4 is 11.8 Å². The maximum Gasteiger partial charge on any atom is 0.0875 e. The highest BCUT2D eigenvalue weighted by atomic mass is 32.2. The monoisotopic (exact) mass is 211 g/mol. The summed E-state index contributed by atoms with van der Waals surface area (Å²) in [7, 11) is 0. The summed E-state index contributed by atoms with van der Waals surface area (Å²) in [6.07, 6.45) is 3.22. The zero-order valence-corrected chi connectivity index (χ0v) is 8.98. The third kappa shape index (κ3) is 3.16. The van der Waals surface area contributed by atoms with E-state index in [9.17, 15) is 4.39 Å². The van der Waals surface area contributed by atoms with Crippen LogP contribution in [0.5, 0.6) is 0 Å². The average molecular weight is 211 g/mol. The van der Waals surface area contributed by atoms with Crippen molar-refractivity contribution in [1.29, 1.82) is 0 Å². The van der Waals surface area contributed by atoms with Gasteiger partial charge in [0.2, 0.25) is 0 Å². The number of hydrogen-bond donors (Lipinski definition) is 1. The van der Waals surface area contributed by atoms with Gasteiger partial charge in [-0.1, -0.05) is 12.1 Å². The molecule has 3 heteroatoms. The van der Waals surface area contributed by atoms with Gasteiger partial charge >= 0.3 is 0 Å². The van der Waals surface area contributed by atoms with Crippen LogP contribution in [-0.2, 0) is 6.42 Å². The van der Waals surface area contributed by atoms with Crippen LogP contribution in [0.25, 0.3) is 0 Å². The first kappa shape index (κ1) is 11.3. The molecule has 0 aliphatic heterocycles. The third-order valence-corrected chi connectivity index (χ3v) is 2.71. The second-order valence-corrected chi connectivity index (χ2v) is 3.88. The van der Waals surface area contributed by atoms with Crippen LogP contribution in [0.3, 0.4) is 0 Å². The molecule has 0 saturated carbocycles. The molecule has 1 nitrogen and oxygen atoms in total. The van der Waals surface area contributed by atoms with Gasteiger partial charge in [-0.2, -0.15) is 0 Å². The smallest absolute Gasteiger partial charge is 0.0875 e. The highest BCUT2D eigenvalue weighted by Gasteiger charge is 1.99. The van der Waals surface area contributed by atoms with E-state index in [-0.39, 0.29) is 6.54 Å². The van der Waals surface area contributed by atoms with E-state index in [0.29, 0.717) is 18.3 Å². The number of rotatable bonds is 4. The molecule has 1 aromatic carbocycles. The van der Waals surface area contributed by atoms with Gasteiger partial charge in [0.25, 0.3) is 0 Å². The Labute approximate surface area is 88.2 Å². The molecule has 0 saturated heterocycles. The molecule has 0 bridgehead atoms. The van der Waals surface area contributed by atoms with E-state index in [1.807, 2.05) is 24.5 Å². The van der Waals surface area contributed by atoms with Crippen LogP contribution in [-0.4, -0.2) is 12.8 Å². The van der Waals surface area contributed by atoms with Crippen molar-refractivity contribution in [1.82, 2.24) is 0 Å². The van der Waals surface area contributed by atoms with Crippen molar-refractivity contribution in [2.75, 3.05) is 12.8 Å². The Morgan fingerprint density at radius 1 is 1.57 bits per heavy atom. The Kier molecular flexibility index (Phi) is 4.70. The Morgan fingerprint density at radius 2 is 2.36 bits per heavy atom. The minimum absolute atomic E-state index is 0.278. The lowest BCUT2D eigenvalue weighted by Crippen LogP contribution is -2.05. The Hall–Kier alpha value is -0.800. The molecule has 0 heterocycles. The van der Waals surface area contributed by atoms with Gasteiger partial charge in [0.1, 0.15) is 0 Å². The van der Waals surface area contributed by atoms with Crippen LogP contribution < -0.4 is 5.73 Å². The summed E-state index contributed by atoms with van der Waals surface area (Å²) in [5.41, 5.74) is 7.12. The Bertz CT molecular complexity index is 323. The molecular formula is C11H14FNS. The van der Waals surface area contributed by atoms with Gasteiger partial charge in [0.15, 0.2) is 0 Å². The molecule has 0 aromatic heterocycles. The fourth-order valence-electron chi connectivity index (χ4n) is 1.20. The topological polar surface area (TPSA) is 26.0 Å². The fraction of sp³-hybridized carbons (Fsp3) is 0.273. The van der Waals surface area contributed by atoms with Gasteiger partial charge < -0.3 is 5.73 Å². The number of benzene rings is 1. The first-order chi connectivity index (χ1) is 6.80. The predicted octanol–water partition coefficient (Wildman–Crippen LogP) is 2.76. The summed E-state index contributed by atoms with van der Waals surface area (Å²) in [4.78, 5) is 1.19. The Morgan fingerprint density at radius 3 is 2.93 bits per heavy atom. The molecule has 0 amide bonds. The number of thioether (sulfide) groups is 1. The first-order valence-electron chi connectivity index (χ1n) is 4.41. The van der Waals surface area contributed by atoms with Crippen LogP contribution in [0, 0.1) is 0 Å². The second kappa shape index (κ2) is 5.83. The zero-order chi connectivity index (χ0) is 10.4. The van der Waals surface area contributed by atoms with E-state index >= 15 is 0 Å². The Balaban J connectivity index is 2.76. The lowest BCUT2D eigenvalue weighted by Gasteiger charge is -2.04. The van der Waals surface area contributed by atoms with Gasteiger partial charge in [-0.05, 0) is 35.9 Å². The van der Waals surface area contributed by atoms with E-state index in [0.717, 1.165) is 5.56 Å². The number of halogens is 1. The first-order valence-corrected chi connectivity index (χ1v) is 5.63.